The van der Waals surface area contributed by atoms with E-state index < -0.39 is 12.2 Å². The maximum absolute atomic E-state index is 13.3. The van der Waals surface area contributed by atoms with Crippen molar-refractivity contribution in [2.45, 2.75) is 82.2 Å². The van der Waals surface area contributed by atoms with Crippen LogP contribution in [0, 0.1) is 0 Å². The fourth-order valence-electron chi connectivity index (χ4n) is 4.07. The van der Waals surface area contributed by atoms with Gasteiger partial charge in [0.15, 0.2) is 6.23 Å². The van der Waals surface area contributed by atoms with Crippen LogP contribution in [0.3, 0.4) is 0 Å². The lowest BCUT2D eigenvalue weighted by Gasteiger charge is -2.40. The Morgan fingerprint density at radius 2 is 2.03 bits per heavy atom. The van der Waals surface area contributed by atoms with Crippen LogP contribution >= 0.6 is 38.9 Å². The first kappa shape index (κ1) is 23.7. The van der Waals surface area contributed by atoms with Gasteiger partial charge in [0, 0.05) is 37.7 Å². The second-order valence-electron chi connectivity index (χ2n) is 7.98. The fraction of sp³-hybridized carbons (Fsp3) is 0.800. The second-order valence-corrected chi connectivity index (χ2v) is 10.4. The van der Waals surface area contributed by atoms with Crippen LogP contribution in [-0.2, 0) is 9.53 Å². The third kappa shape index (κ3) is 6.29. The number of urea groups is 1. The van der Waals surface area contributed by atoms with E-state index in [0.717, 1.165) is 42.4 Å². The summed E-state index contributed by atoms with van der Waals surface area (Å²) in [5.41, 5.74) is 0. The standard InChI is InChI=1S/C20H30BrClN4O3S/c1-14(27)29-17-10-12-25(20(28)26(17)13-16(22)9-5-6-11-21)19-24-23-18(30-19)15-7-3-2-4-8-15/h15-17H,2-13H2,1H3. The lowest BCUT2D eigenvalue weighted by Crippen LogP contribution is -2.57. The first-order chi connectivity index (χ1) is 14.5. The number of unbranched alkanes of at least 4 members (excludes halogenated alkanes) is 1. The van der Waals surface area contributed by atoms with E-state index in [1.165, 1.54) is 37.5 Å². The van der Waals surface area contributed by atoms with Crippen LogP contribution < -0.4 is 4.90 Å². The van der Waals surface area contributed by atoms with Crippen LogP contribution in [-0.4, -0.2) is 57.1 Å². The Morgan fingerprint density at radius 1 is 1.27 bits per heavy atom. The Morgan fingerprint density at radius 3 is 2.73 bits per heavy atom. The number of halogens is 2. The molecule has 1 saturated heterocycles. The highest BCUT2D eigenvalue weighted by Crippen LogP contribution is 2.37. The number of amides is 2. The summed E-state index contributed by atoms with van der Waals surface area (Å²) in [7, 11) is 0. The van der Waals surface area contributed by atoms with Gasteiger partial charge in [-0.3, -0.25) is 14.6 Å². The minimum Gasteiger partial charge on any atom is -0.442 e. The molecule has 2 amide bonds. The number of esters is 1. The van der Waals surface area contributed by atoms with Crippen molar-refractivity contribution < 1.29 is 14.3 Å². The number of aromatic nitrogens is 2. The zero-order valence-electron chi connectivity index (χ0n) is 17.4. The molecule has 7 nitrogen and oxygen atoms in total. The van der Waals surface area contributed by atoms with Crippen molar-refractivity contribution >= 4 is 56.0 Å². The van der Waals surface area contributed by atoms with E-state index in [1.807, 2.05) is 0 Å². The quantitative estimate of drug-likeness (QED) is 0.251. The monoisotopic (exact) mass is 520 g/mol. The smallest absolute Gasteiger partial charge is 0.329 e. The van der Waals surface area contributed by atoms with E-state index >= 15 is 0 Å². The van der Waals surface area contributed by atoms with Crippen molar-refractivity contribution in [1.29, 1.82) is 0 Å². The molecule has 3 rings (SSSR count). The molecule has 2 unspecified atom stereocenters. The molecule has 0 N–H and O–H groups in total. The number of rotatable bonds is 9. The predicted octanol–water partition coefficient (Wildman–Crippen LogP) is 5.28. The van der Waals surface area contributed by atoms with Crippen LogP contribution in [0.15, 0.2) is 0 Å². The zero-order valence-corrected chi connectivity index (χ0v) is 20.6. The topological polar surface area (TPSA) is 75.6 Å². The van der Waals surface area contributed by atoms with E-state index in [2.05, 4.69) is 26.1 Å². The summed E-state index contributed by atoms with van der Waals surface area (Å²) in [6, 6.07) is -0.218. The number of hydrogen-bond donors (Lipinski definition) is 0. The van der Waals surface area contributed by atoms with Gasteiger partial charge in [-0.15, -0.1) is 21.8 Å². The lowest BCUT2D eigenvalue weighted by atomic mass is 9.90. The van der Waals surface area contributed by atoms with Gasteiger partial charge in [0.05, 0.1) is 5.38 Å². The molecule has 0 aromatic carbocycles. The summed E-state index contributed by atoms with van der Waals surface area (Å²) in [6.07, 6.45) is 8.78. The highest BCUT2D eigenvalue weighted by molar-refractivity contribution is 9.09. The fourth-order valence-corrected chi connectivity index (χ4v) is 5.80. The number of alkyl halides is 2. The summed E-state index contributed by atoms with van der Waals surface area (Å²) < 4.78 is 5.43. The highest BCUT2D eigenvalue weighted by atomic mass is 79.9. The van der Waals surface area contributed by atoms with Crippen LogP contribution in [0.1, 0.15) is 75.6 Å². The number of anilines is 1. The van der Waals surface area contributed by atoms with E-state index in [-0.39, 0.29) is 11.4 Å². The molecular formula is C20H30BrClN4O3S. The molecular weight excluding hydrogens is 492 g/mol. The Kier molecular flexibility index (Phi) is 9.19. The first-order valence-corrected chi connectivity index (χ1v) is 13.2. The molecule has 1 saturated carbocycles. The van der Waals surface area contributed by atoms with E-state index in [0.29, 0.717) is 30.6 Å². The maximum Gasteiger partial charge on any atom is 0.329 e. The molecule has 2 aliphatic rings. The summed E-state index contributed by atoms with van der Waals surface area (Å²) in [4.78, 5) is 28.1. The SMILES string of the molecule is CC(=O)OC1CCN(c2nnc(C3CCCCC3)s2)C(=O)N1CC(Cl)CCCCBr. The highest BCUT2D eigenvalue weighted by Gasteiger charge is 2.38. The van der Waals surface area contributed by atoms with Gasteiger partial charge in [-0.25, -0.2) is 4.79 Å². The van der Waals surface area contributed by atoms with Gasteiger partial charge in [0.1, 0.15) is 5.01 Å². The maximum atomic E-state index is 13.3. The van der Waals surface area contributed by atoms with E-state index in [1.54, 1.807) is 9.80 Å². The van der Waals surface area contributed by atoms with Crippen LogP contribution in [0.25, 0.3) is 0 Å². The Hall–Kier alpha value is -0.930. The van der Waals surface area contributed by atoms with Crippen molar-refractivity contribution in [2.75, 3.05) is 23.3 Å². The Bertz CT molecular complexity index is 716. The van der Waals surface area contributed by atoms with Gasteiger partial charge in [-0.1, -0.05) is 53.0 Å². The van der Waals surface area contributed by atoms with Gasteiger partial charge in [-0.05, 0) is 25.7 Å². The molecule has 1 aliphatic heterocycles. The summed E-state index contributed by atoms with van der Waals surface area (Å²) in [5.74, 6) is 0.0589. The van der Waals surface area contributed by atoms with Crippen LogP contribution in [0.5, 0.6) is 0 Å². The molecule has 0 radical (unpaired) electrons. The average molecular weight is 522 g/mol. The molecule has 1 aromatic rings. The van der Waals surface area contributed by atoms with Crippen LogP contribution in [0.2, 0.25) is 0 Å². The molecule has 30 heavy (non-hydrogen) atoms. The van der Waals surface area contributed by atoms with Crippen molar-refractivity contribution in [3.8, 4) is 0 Å². The van der Waals surface area contributed by atoms with Crippen molar-refractivity contribution in [2.24, 2.45) is 0 Å². The van der Waals surface area contributed by atoms with Crippen molar-refractivity contribution in [3.63, 3.8) is 0 Å². The first-order valence-electron chi connectivity index (χ1n) is 10.8. The molecule has 2 heterocycles. The average Bonchev–Trinajstić information content (AvgIpc) is 3.21. The molecule has 1 aliphatic carbocycles. The molecule has 2 fully saturated rings. The van der Waals surface area contributed by atoms with Gasteiger partial charge in [-0.2, -0.15) is 0 Å². The van der Waals surface area contributed by atoms with Crippen LogP contribution in [0.4, 0.5) is 9.93 Å². The predicted molar refractivity (Wildman–Crippen MR) is 123 cm³/mol. The van der Waals surface area contributed by atoms with Crippen molar-refractivity contribution in [1.82, 2.24) is 15.1 Å². The number of nitrogens with zero attached hydrogens (tertiary/aromatic N) is 4. The zero-order chi connectivity index (χ0) is 21.5. The second kappa shape index (κ2) is 11.6. The van der Waals surface area contributed by atoms with Crippen molar-refractivity contribution in [3.05, 3.63) is 5.01 Å². The lowest BCUT2D eigenvalue weighted by molar-refractivity contribution is -0.154. The molecule has 168 valence electrons. The third-order valence-electron chi connectivity index (χ3n) is 5.64. The number of carbonyl (C=O) groups excluding carboxylic acids is 2. The molecule has 1 aromatic heterocycles. The number of carbonyl (C=O) groups is 2. The Labute approximate surface area is 195 Å². The third-order valence-corrected chi connectivity index (χ3v) is 7.66. The molecule has 0 bridgehead atoms. The molecule has 0 spiro atoms. The van der Waals surface area contributed by atoms with E-state index in [9.17, 15) is 9.59 Å². The number of ether oxygens (including phenoxy) is 1. The van der Waals surface area contributed by atoms with Gasteiger partial charge in [0.2, 0.25) is 5.13 Å². The van der Waals surface area contributed by atoms with E-state index in [4.69, 9.17) is 16.3 Å². The molecule has 2 atom stereocenters. The van der Waals surface area contributed by atoms with Gasteiger partial charge in [0.25, 0.3) is 0 Å². The number of hydrogen-bond acceptors (Lipinski definition) is 6. The normalized spacial score (nSPS) is 21.7. The minimum absolute atomic E-state index is 0.196. The Balaban J connectivity index is 1.70. The van der Waals surface area contributed by atoms with Gasteiger partial charge >= 0.3 is 12.0 Å². The summed E-state index contributed by atoms with van der Waals surface area (Å²) >= 11 is 11.5. The van der Waals surface area contributed by atoms with Gasteiger partial charge < -0.3 is 4.74 Å². The summed E-state index contributed by atoms with van der Waals surface area (Å²) in [6.45, 7) is 2.15. The molecule has 10 heteroatoms. The largest absolute Gasteiger partial charge is 0.442 e. The summed E-state index contributed by atoms with van der Waals surface area (Å²) in [5, 5.41) is 11.1. The minimum atomic E-state index is -0.589.